The zero-order chi connectivity index (χ0) is 13.8. The molecule has 1 N–H and O–H groups in total. The van der Waals surface area contributed by atoms with E-state index in [1.165, 1.54) is 5.56 Å². The molecule has 0 aliphatic rings. The van der Waals surface area contributed by atoms with Crippen molar-refractivity contribution in [3.05, 3.63) is 34.9 Å². The molecule has 1 aromatic rings. The van der Waals surface area contributed by atoms with Crippen LogP contribution in [0.5, 0.6) is 0 Å². The van der Waals surface area contributed by atoms with Gasteiger partial charge in [0.1, 0.15) is 0 Å². The predicted octanol–water partition coefficient (Wildman–Crippen LogP) is 3.72. The first-order valence-corrected chi connectivity index (χ1v) is 6.95. The summed E-state index contributed by atoms with van der Waals surface area (Å²) < 4.78 is 0. The quantitative estimate of drug-likeness (QED) is 0.846. The van der Waals surface area contributed by atoms with Gasteiger partial charge in [0, 0.05) is 23.1 Å². The SMILES string of the molecule is CCNC(C)(C)CN(C)C(C)c1ccccc1Cl. The first-order chi connectivity index (χ1) is 8.37. The Kier molecular flexibility index (Phi) is 5.64. The second kappa shape index (κ2) is 6.55. The Morgan fingerprint density at radius 2 is 1.94 bits per heavy atom. The largest absolute Gasteiger partial charge is 0.311 e. The van der Waals surface area contributed by atoms with Gasteiger partial charge in [-0.1, -0.05) is 36.7 Å². The molecule has 1 aromatic carbocycles. The molecule has 1 unspecified atom stereocenters. The minimum absolute atomic E-state index is 0.110. The van der Waals surface area contributed by atoms with Gasteiger partial charge < -0.3 is 5.32 Å². The van der Waals surface area contributed by atoms with Crippen LogP contribution in [0.4, 0.5) is 0 Å². The smallest absolute Gasteiger partial charge is 0.0453 e. The Bertz CT molecular complexity index is 377. The van der Waals surface area contributed by atoms with Crippen molar-refractivity contribution in [3.8, 4) is 0 Å². The Hall–Kier alpha value is -0.570. The molecule has 18 heavy (non-hydrogen) atoms. The van der Waals surface area contributed by atoms with Gasteiger partial charge >= 0.3 is 0 Å². The lowest BCUT2D eigenvalue weighted by atomic mass is 10.0. The van der Waals surface area contributed by atoms with Crippen LogP contribution < -0.4 is 5.32 Å². The molecule has 0 amide bonds. The number of rotatable bonds is 6. The highest BCUT2D eigenvalue weighted by Crippen LogP contribution is 2.26. The highest BCUT2D eigenvalue weighted by atomic mass is 35.5. The second-order valence-electron chi connectivity index (χ2n) is 5.53. The van der Waals surface area contributed by atoms with E-state index in [0.29, 0.717) is 6.04 Å². The Labute approximate surface area is 116 Å². The van der Waals surface area contributed by atoms with Crippen LogP contribution in [-0.2, 0) is 0 Å². The number of hydrogen-bond acceptors (Lipinski definition) is 2. The summed E-state index contributed by atoms with van der Waals surface area (Å²) in [6.07, 6.45) is 0. The summed E-state index contributed by atoms with van der Waals surface area (Å²) in [4.78, 5) is 2.34. The summed E-state index contributed by atoms with van der Waals surface area (Å²) in [7, 11) is 2.15. The van der Waals surface area contributed by atoms with Crippen molar-refractivity contribution in [1.29, 1.82) is 0 Å². The number of likely N-dealkylation sites (N-methyl/N-ethyl adjacent to an activating group) is 2. The van der Waals surface area contributed by atoms with Crippen LogP contribution in [-0.4, -0.2) is 30.6 Å². The number of nitrogens with one attached hydrogen (secondary N) is 1. The van der Waals surface area contributed by atoms with Crippen molar-refractivity contribution in [2.45, 2.75) is 39.3 Å². The van der Waals surface area contributed by atoms with Gasteiger partial charge in [0.25, 0.3) is 0 Å². The topological polar surface area (TPSA) is 15.3 Å². The minimum atomic E-state index is 0.110. The van der Waals surface area contributed by atoms with Gasteiger partial charge in [0.05, 0.1) is 0 Å². The molecule has 0 saturated heterocycles. The minimum Gasteiger partial charge on any atom is -0.311 e. The van der Waals surface area contributed by atoms with Crippen LogP contribution in [0.25, 0.3) is 0 Å². The molecular formula is C15H25ClN2. The third-order valence-electron chi connectivity index (χ3n) is 3.32. The van der Waals surface area contributed by atoms with Crippen LogP contribution in [0.15, 0.2) is 24.3 Å². The normalized spacial score (nSPS) is 13.9. The standard InChI is InChI=1S/C15H25ClN2/c1-6-17-15(3,4)11-18(5)12(2)13-9-7-8-10-14(13)16/h7-10,12,17H,6,11H2,1-5H3. The van der Waals surface area contributed by atoms with Crippen molar-refractivity contribution in [3.63, 3.8) is 0 Å². The average molecular weight is 269 g/mol. The van der Waals surface area contributed by atoms with E-state index in [-0.39, 0.29) is 5.54 Å². The van der Waals surface area contributed by atoms with Crippen LogP contribution in [0.2, 0.25) is 5.02 Å². The van der Waals surface area contributed by atoms with Crippen LogP contribution in [0.3, 0.4) is 0 Å². The first-order valence-electron chi connectivity index (χ1n) is 6.57. The fourth-order valence-corrected chi connectivity index (χ4v) is 2.64. The van der Waals surface area contributed by atoms with E-state index in [1.807, 2.05) is 18.2 Å². The molecule has 0 radical (unpaired) electrons. The maximum Gasteiger partial charge on any atom is 0.0453 e. The monoisotopic (exact) mass is 268 g/mol. The molecule has 0 saturated carbocycles. The van der Waals surface area contributed by atoms with Gasteiger partial charge in [-0.05, 0) is 46.0 Å². The summed E-state index contributed by atoms with van der Waals surface area (Å²) >= 11 is 6.25. The number of nitrogens with zero attached hydrogens (tertiary/aromatic N) is 1. The van der Waals surface area contributed by atoms with Crippen LogP contribution in [0, 0.1) is 0 Å². The molecule has 0 aliphatic heterocycles. The molecule has 0 aliphatic carbocycles. The van der Waals surface area contributed by atoms with Crippen molar-refractivity contribution < 1.29 is 0 Å². The number of halogens is 1. The second-order valence-corrected chi connectivity index (χ2v) is 5.93. The van der Waals surface area contributed by atoms with Gasteiger partial charge in [-0.15, -0.1) is 0 Å². The molecule has 0 fully saturated rings. The first kappa shape index (κ1) is 15.5. The summed E-state index contributed by atoms with van der Waals surface area (Å²) in [6, 6.07) is 8.39. The Balaban J connectivity index is 2.73. The third kappa shape index (κ3) is 4.27. The summed E-state index contributed by atoms with van der Waals surface area (Å²) in [5.74, 6) is 0. The maximum atomic E-state index is 6.25. The predicted molar refractivity (Wildman–Crippen MR) is 80.3 cm³/mol. The van der Waals surface area contributed by atoms with Gasteiger partial charge in [0.15, 0.2) is 0 Å². The lowest BCUT2D eigenvalue weighted by molar-refractivity contribution is 0.193. The number of benzene rings is 1. The molecule has 3 heteroatoms. The lowest BCUT2D eigenvalue weighted by Gasteiger charge is -2.35. The Morgan fingerprint density at radius 3 is 2.50 bits per heavy atom. The van der Waals surface area contributed by atoms with Crippen LogP contribution in [0.1, 0.15) is 39.3 Å². The molecule has 1 rings (SSSR count). The van der Waals surface area contributed by atoms with Gasteiger partial charge in [-0.3, -0.25) is 4.90 Å². The molecule has 0 heterocycles. The molecule has 2 nitrogen and oxygen atoms in total. The molecule has 102 valence electrons. The zero-order valence-corrected chi connectivity index (χ0v) is 12.9. The summed E-state index contributed by atoms with van der Waals surface area (Å²) in [6.45, 7) is 10.8. The molecule has 0 spiro atoms. The van der Waals surface area contributed by atoms with Gasteiger partial charge in [-0.25, -0.2) is 0 Å². The van der Waals surface area contributed by atoms with E-state index in [2.05, 4.69) is 51.0 Å². The highest BCUT2D eigenvalue weighted by Gasteiger charge is 2.22. The van der Waals surface area contributed by atoms with E-state index in [4.69, 9.17) is 11.6 Å². The molecular weight excluding hydrogens is 244 g/mol. The summed E-state index contributed by atoms with van der Waals surface area (Å²) in [5, 5.41) is 4.34. The van der Waals surface area contributed by atoms with E-state index in [0.717, 1.165) is 18.1 Å². The fraction of sp³-hybridized carbons (Fsp3) is 0.600. The third-order valence-corrected chi connectivity index (χ3v) is 3.66. The van der Waals surface area contributed by atoms with Gasteiger partial charge in [0.2, 0.25) is 0 Å². The summed E-state index contributed by atoms with van der Waals surface area (Å²) in [5.41, 5.74) is 1.30. The Morgan fingerprint density at radius 1 is 1.33 bits per heavy atom. The molecule has 0 aromatic heterocycles. The van der Waals surface area contributed by atoms with Crippen molar-refractivity contribution >= 4 is 11.6 Å². The van der Waals surface area contributed by atoms with Crippen LogP contribution >= 0.6 is 11.6 Å². The zero-order valence-electron chi connectivity index (χ0n) is 12.1. The van der Waals surface area contributed by atoms with Crippen molar-refractivity contribution in [2.75, 3.05) is 20.1 Å². The average Bonchev–Trinajstić information content (AvgIpc) is 2.28. The van der Waals surface area contributed by atoms with Gasteiger partial charge in [-0.2, -0.15) is 0 Å². The lowest BCUT2D eigenvalue weighted by Crippen LogP contribution is -2.48. The van der Waals surface area contributed by atoms with E-state index in [1.54, 1.807) is 0 Å². The fourth-order valence-electron chi connectivity index (χ4n) is 2.35. The maximum absolute atomic E-state index is 6.25. The van der Waals surface area contributed by atoms with Crippen molar-refractivity contribution in [1.82, 2.24) is 10.2 Å². The van der Waals surface area contributed by atoms with E-state index < -0.39 is 0 Å². The highest BCUT2D eigenvalue weighted by molar-refractivity contribution is 6.31. The van der Waals surface area contributed by atoms with E-state index in [9.17, 15) is 0 Å². The number of hydrogen-bond donors (Lipinski definition) is 1. The molecule has 1 atom stereocenters. The van der Waals surface area contributed by atoms with E-state index >= 15 is 0 Å². The van der Waals surface area contributed by atoms with Crippen molar-refractivity contribution in [2.24, 2.45) is 0 Å². The molecule has 0 bridgehead atoms.